The second-order valence-corrected chi connectivity index (χ2v) is 16.2. The van der Waals surface area contributed by atoms with E-state index in [-0.39, 0.29) is 10.3 Å². The Hall–Kier alpha value is -3.53. The van der Waals surface area contributed by atoms with Crippen molar-refractivity contribution in [3.8, 4) is 0 Å². The van der Waals surface area contributed by atoms with Gasteiger partial charge >= 0.3 is 0 Å². The van der Waals surface area contributed by atoms with Gasteiger partial charge < -0.3 is 0 Å². The van der Waals surface area contributed by atoms with Crippen LogP contribution in [-0.4, -0.2) is 30.0 Å². The Balaban J connectivity index is 1.96. The molecular formula is C31H28O6S3. The van der Waals surface area contributed by atoms with Crippen molar-refractivity contribution in [2.24, 2.45) is 5.92 Å². The van der Waals surface area contributed by atoms with Gasteiger partial charge in [0.25, 0.3) is 0 Å². The lowest BCUT2D eigenvalue weighted by Crippen LogP contribution is -2.41. The van der Waals surface area contributed by atoms with E-state index in [0.717, 1.165) is 0 Å². The highest BCUT2D eigenvalue weighted by atomic mass is 32.2. The van der Waals surface area contributed by atoms with Gasteiger partial charge in [-0.3, -0.25) is 0 Å². The number of fused-ring (bicyclic) bond motifs is 1. The van der Waals surface area contributed by atoms with Crippen LogP contribution >= 0.6 is 0 Å². The molecule has 5 rings (SSSR count). The Bertz CT molecular complexity index is 1980. The van der Waals surface area contributed by atoms with Crippen LogP contribution < -0.4 is 0 Å². The molecule has 40 heavy (non-hydrogen) atoms. The predicted molar refractivity (Wildman–Crippen MR) is 156 cm³/mol. The Morgan fingerprint density at radius 3 is 1.98 bits per heavy atom. The molecule has 2 atom stereocenters. The molecule has 4 aromatic rings. The van der Waals surface area contributed by atoms with Crippen molar-refractivity contribution in [1.29, 1.82) is 0 Å². The quantitative estimate of drug-likeness (QED) is 0.263. The molecule has 206 valence electrons. The summed E-state index contributed by atoms with van der Waals surface area (Å²) in [6.07, 6.45) is 6.63. The Morgan fingerprint density at radius 2 is 1.32 bits per heavy atom. The van der Waals surface area contributed by atoms with E-state index in [1.807, 2.05) is 0 Å². The fourth-order valence-electron chi connectivity index (χ4n) is 5.00. The first-order valence-electron chi connectivity index (χ1n) is 12.6. The molecule has 0 saturated carbocycles. The Morgan fingerprint density at radius 1 is 0.725 bits per heavy atom. The monoisotopic (exact) mass is 592 g/mol. The van der Waals surface area contributed by atoms with Gasteiger partial charge in [-0.25, -0.2) is 25.3 Å². The molecule has 9 heteroatoms. The number of hydrogen-bond donors (Lipinski definition) is 0. The van der Waals surface area contributed by atoms with Gasteiger partial charge in [0.15, 0.2) is 19.7 Å². The highest BCUT2D eigenvalue weighted by Gasteiger charge is 2.47. The standard InChI is InChI=1S/C31H28O6S3/c1-23-13-11-12-20-31(23,2)40(36,37)29-27-19-10-9-16-25(27)21-28(39(34,35)26-17-7-4-8-18-26)30(29)38(32,33)22-24-14-5-3-6-15-24/h3-21,23H,22H2,1-2H3. The summed E-state index contributed by atoms with van der Waals surface area (Å²) in [4.78, 5) is -1.89. The lowest BCUT2D eigenvalue weighted by atomic mass is 9.91. The maximum Gasteiger partial charge on any atom is 0.207 e. The molecule has 0 bridgehead atoms. The maximum atomic E-state index is 14.7. The minimum atomic E-state index is -4.52. The van der Waals surface area contributed by atoms with Gasteiger partial charge in [0, 0.05) is 5.39 Å². The fraction of sp³-hybridized carbons (Fsp3) is 0.161. The zero-order chi connectivity index (χ0) is 28.8. The lowest BCUT2D eigenvalue weighted by Gasteiger charge is -2.34. The van der Waals surface area contributed by atoms with Gasteiger partial charge in [0.2, 0.25) is 9.84 Å². The molecule has 0 N–H and O–H groups in total. The van der Waals surface area contributed by atoms with Crippen LogP contribution in [0, 0.1) is 5.92 Å². The van der Waals surface area contributed by atoms with Gasteiger partial charge in [-0.1, -0.05) is 104 Å². The van der Waals surface area contributed by atoms with Gasteiger partial charge in [0.1, 0.15) is 4.90 Å². The van der Waals surface area contributed by atoms with Crippen molar-refractivity contribution in [3.05, 3.63) is 121 Å². The highest BCUT2D eigenvalue weighted by molar-refractivity contribution is 7.96. The molecule has 6 nitrogen and oxygen atoms in total. The summed E-state index contributed by atoms with van der Waals surface area (Å²) < 4.78 is 84.8. The largest absolute Gasteiger partial charge is 0.223 e. The van der Waals surface area contributed by atoms with E-state index in [2.05, 4.69) is 0 Å². The summed E-state index contributed by atoms with van der Waals surface area (Å²) in [6, 6.07) is 23.4. The summed E-state index contributed by atoms with van der Waals surface area (Å²) in [5, 5.41) is 0.457. The summed E-state index contributed by atoms with van der Waals surface area (Å²) in [7, 11) is -13.5. The van der Waals surface area contributed by atoms with Crippen molar-refractivity contribution in [1.82, 2.24) is 0 Å². The number of hydrogen-bond acceptors (Lipinski definition) is 6. The molecule has 0 spiro atoms. The predicted octanol–water partition coefficient (Wildman–Crippen LogP) is 5.94. The van der Waals surface area contributed by atoms with Crippen molar-refractivity contribution >= 4 is 40.3 Å². The third-order valence-electron chi connectivity index (χ3n) is 7.47. The van der Waals surface area contributed by atoms with E-state index in [9.17, 15) is 25.3 Å². The average Bonchev–Trinajstić information content (AvgIpc) is 2.94. The van der Waals surface area contributed by atoms with Crippen LogP contribution in [0.5, 0.6) is 0 Å². The molecule has 0 saturated heterocycles. The minimum absolute atomic E-state index is 0.134. The molecule has 1 aliphatic rings. The van der Waals surface area contributed by atoms with Crippen LogP contribution in [-0.2, 0) is 35.3 Å². The maximum absolute atomic E-state index is 14.7. The van der Waals surface area contributed by atoms with Crippen LogP contribution in [0.25, 0.3) is 10.8 Å². The van der Waals surface area contributed by atoms with Gasteiger partial charge in [-0.05, 0) is 42.0 Å². The van der Waals surface area contributed by atoms with Crippen molar-refractivity contribution in [3.63, 3.8) is 0 Å². The third kappa shape index (κ3) is 4.62. The molecular weight excluding hydrogens is 565 g/mol. The van der Waals surface area contributed by atoms with E-state index in [1.165, 1.54) is 49.4 Å². The topological polar surface area (TPSA) is 102 Å². The van der Waals surface area contributed by atoms with Crippen LogP contribution in [0.2, 0.25) is 0 Å². The number of benzene rings is 4. The van der Waals surface area contributed by atoms with Crippen LogP contribution in [0.1, 0.15) is 19.4 Å². The smallest absolute Gasteiger partial charge is 0.207 e. The lowest BCUT2D eigenvalue weighted by molar-refractivity contribution is 0.511. The summed E-state index contributed by atoms with van der Waals surface area (Å²) in [5.41, 5.74) is 0.405. The first kappa shape index (κ1) is 28.0. The highest BCUT2D eigenvalue weighted by Crippen LogP contribution is 2.45. The van der Waals surface area contributed by atoms with Gasteiger partial charge in [-0.2, -0.15) is 0 Å². The van der Waals surface area contributed by atoms with Crippen molar-refractivity contribution < 1.29 is 25.3 Å². The number of sulfone groups is 3. The molecule has 1 aliphatic carbocycles. The summed E-state index contributed by atoms with van der Waals surface area (Å²) in [5.74, 6) is -1.09. The zero-order valence-corrected chi connectivity index (χ0v) is 24.4. The normalized spacial score (nSPS) is 19.6. The summed E-state index contributed by atoms with van der Waals surface area (Å²) in [6.45, 7) is 3.27. The summed E-state index contributed by atoms with van der Waals surface area (Å²) >= 11 is 0. The molecule has 0 radical (unpaired) electrons. The molecule has 0 aromatic heterocycles. The first-order chi connectivity index (χ1) is 18.9. The second kappa shape index (κ2) is 10.1. The molecule has 4 aromatic carbocycles. The second-order valence-electron chi connectivity index (χ2n) is 10.0. The van der Waals surface area contributed by atoms with Gasteiger partial charge in [-0.15, -0.1) is 0 Å². The molecule has 0 heterocycles. The van der Waals surface area contributed by atoms with E-state index >= 15 is 0 Å². The van der Waals surface area contributed by atoms with Crippen molar-refractivity contribution in [2.75, 3.05) is 0 Å². The van der Waals surface area contributed by atoms with Crippen molar-refractivity contribution in [2.45, 2.75) is 43.9 Å². The van der Waals surface area contributed by atoms with E-state index in [4.69, 9.17) is 0 Å². The van der Waals surface area contributed by atoms with Crippen LogP contribution in [0.4, 0.5) is 0 Å². The molecule has 0 aliphatic heterocycles. The third-order valence-corrected chi connectivity index (χ3v) is 13.9. The first-order valence-corrected chi connectivity index (χ1v) is 17.2. The average molecular weight is 593 g/mol. The number of allylic oxidation sites excluding steroid dienone is 3. The van der Waals surface area contributed by atoms with E-state index < -0.39 is 60.6 Å². The Kier molecular flexibility index (Phi) is 7.10. The SMILES string of the molecule is CC1C=CC=CC1(C)S(=O)(=O)c1c(S(=O)(=O)Cc2ccccc2)c(S(=O)(=O)c2ccccc2)cc2ccccc12. The van der Waals surface area contributed by atoms with Gasteiger partial charge in [0.05, 0.1) is 25.2 Å². The van der Waals surface area contributed by atoms with Crippen LogP contribution in [0.15, 0.2) is 135 Å². The molecule has 0 fully saturated rings. The fourth-order valence-corrected chi connectivity index (χ4v) is 11.5. The van der Waals surface area contributed by atoms with E-state index in [0.29, 0.717) is 10.9 Å². The zero-order valence-electron chi connectivity index (χ0n) is 21.9. The molecule has 2 unspecified atom stereocenters. The Labute approximate surface area is 235 Å². The van der Waals surface area contributed by atoms with Crippen LogP contribution in [0.3, 0.4) is 0 Å². The molecule has 0 amide bonds. The number of rotatable bonds is 7. The minimum Gasteiger partial charge on any atom is -0.223 e. The van der Waals surface area contributed by atoms with E-state index in [1.54, 1.807) is 79.7 Å².